The van der Waals surface area contributed by atoms with Crippen LogP contribution in [0.4, 0.5) is 4.79 Å². The molecule has 3 aliphatic heterocycles. The highest BCUT2D eigenvalue weighted by atomic mass is 35.5. The first kappa shape index (κ1) is 67.1. The summed E-state index contributed by atoms with van der Waals surface area (Å²) >= 11 is 19.1. The number of carbonyl (C=O) groups excluding carboxylic acids is 2. The van der Waals surface area contributed by atoms with Crippen molar-refractivity contribution >= 4 is 81.8 Å². The van der Waals surface area contributed by atoms with Crippen LogP contribution in [-0.2, 0) is 39.6 Å². The highest BCUT2D eigenvalue weighted by Gasteiger charge is 2.42. The van der Waals surface area contributed by atoms with E-state index in [-0.39, 0.29) is 24.2 Å². The molecule has 0 spiro atoms. The Morgan fingerprint density at radius 2 is 0.905 bits per heavy atom. The molecule has 3 saturated heterocycles. The van der Waals surface area contributed by atoms with Crippen LogP contribution in [0.2, 0.25) is 15.1 Å². The van der Waals surface area contributed by atoms with Gasteiger partial charge in [0, 0.05) is 143 Å². The molecular weight excluding hydrogens is 1260 g/mol. The average molecular weight is 1340 g/mol. The smallest absolute Gasteiger partial charge is 0.410 e. The van der Waals surface area contributed by atoms with Crippen LogP contribution in [0.5, 0.6) is 0 Å². The number of esters is 1. The summed E-state index contributed by atoms with van der Waals surface area (Å²) in [7, 11) is 5.16. The van der Waals surface area contributed by atoms with Crippen LogP contribution in [0.1, 0.15) is 131 Å². The number of halogens is 3. The molecule has 95 heavy (non-hydrogen) atoms. The van der Waals surface area contributed by atoms with E-state index in [0.717, 1.165) is 142 Å². The Labute approximate surface area is 569 Å². The number of fused-ring (bicyclic) bond motifs is 6. The lowest BCUT2D eigenvalue weighted by atomic mass is 9.85. The second-order valence-electron chi connectivity index (χ2n) is 26.0. The third kappa shape index (κ3) is 13.9. The molecule has 6 aliphatic rings. The van der Waals surface area contributed by atoms with E-state index in [1.807, 2.05) is 143 Å². The van der Waals surface area contributed by atoms with E-state index in [9.17, 15) is 19.8 Å². The quantitative estimate of drug-likeness (QED) is 0.104. The fourth-order valence-corrected chi connectivity index (χ4v) is 14.5. The molecular formula is C73H80Cl3N13O6. The van der Waals surface area contributed by atoms with E-state index in [1.54, 1.807) is 36.1 Å². The van der Waals surface area contributed by atoms with Crippen molar-refractivity contribution in [2.45, 2.75) is 69.5 Å². The fourth-order valence-electron chi connectivity index (χ4n) is 14.0. The molecule has 5 aromatic heterocycles. The molecule has 8 aromatic rings. The molecule has 0 radical (unpaired) electrons. The van der Waals surface area contributed by atoms with Gasteiger partial charge in [-0.1, -0.05) is 71.2 Å². The van der Waals surface area contributed by atoms with E-state index >= 15 is 0 Å². The monoisotopic (exact) mass is 1340 g/mol. The Bertz CT molecular complexity index is 4070. The predicted molar refractivity (Wildman–Crippen MR) is 372 cm³/mol. The molecule has 4 N–H and O–H groups in total. The van der Waals surface area contributed by atoms with Crippen molar-refractivity contribution in [2.24, 2.45) is 14.1 Å². The molecule has 5 atom stereocenters. The van der Waals surface area contributed by atoms with Crippen molar-refractivity contribution in [3.8, 4) is 0 Å². The van der Waals surface area contributed by atoms with Crippen molar-refractivity contribution in [2.75, 3.05) is 85.6 Å². The summed E-state index contributed by atoms with van der Waals surface area (Å²) < 4.78 is 14.3. The zero-order valence-electron chi connectivity index (χ0n) is 54.7. The Morgan fingerprint density at radius 1 is 0.526 bits per heavy atom. The van der Waals surface area contributed by atoms with Gasteiger partial charge >= 0.3 is 12.1 Å². The summed E-state index contributed by atoms with van der Waals surface area (Å²) in [5, 5.41) is 32.5. The number of rotatable bonds is 8. The number of imidazole rings is 2. The first-order valence-electron chi connectivity index (χ1n) is 32.1. The minimum atomic E-state index is -1.26. The zero-order chi connectivity index (χ0) is 66.9. The van der Waals surface area contributed by atoms with Crippen LogP contribution in [0, 0.1) is 0 Å². The molecule has 0 bridgehead atoms. The van der Waals surface area contributed by atoms with Crippen LogP contribution < -0.4 is 10.6 Å². The number of pyridine rings is 3. The number of methoxy groups -OCH3 is 1. The van der Waals surface area contributed by atoms with Gasteiger partial charge < -0.3 is 44.4 Å². The third-order valence-electron chi connectivity index (χ3n) is 18.5. The molecule has 19 nitrogen and oxygen atoms in total. The number of carbonyl (C=O) groups is 2. The van der Waals surface area contributed by atoms with Gasteiger partial charge in [-0.3, -0.25) is 29.7 Å². The van der Waals surface area contributed by atoms with Crippen LogP contribution in [0.25, 0.3) is 34.9 Å². The Hall–Kier alpha value is -7.92. The highest BCUT2D eigenvalue weighted by Crippen LogP contribution is 2.48. The summed E-state index contributed by atoms with van der Waals surface area (Å²) in [6.07, 6.45) is 17.9. The number of amides is 1. The first-order chi connectivity index (χ1) is 45.6. The number of nitrogens with one attached hydrogen (secondary N) is 2. The van der Waals surface area contributed by atoms with E-state index in [0.29, 0.717) is 46.8 Å². The first-order valence-corrected chi connectivity index (χ1v) is 33.2. The van der Waals surface area contributed by atoms with Crippen LogP contribution in [0.15, 0.2) is 135 Å². The summed E-state index contributed by atoms with van der Waals surface area (Å²) in [6, 6.07) is 29.2. The molecule has 3 fully saturated rings. The summed E-state index contributed by atoms with van der Waals surface area (Å²) in [5.74, 6) is -0.425. The molecule has 3 aliphatic carbocycles. The minimum absolute atomic E-state index is 0.0124. The van der Waals surface area contributed by atoms with Crippen molar-refractivity contribution in [1.82, 2.24) is 64.3 Å². The molecule has 8 heterocycles. The van der Waals surface area contributed by atoms with Crippen molar-refractivity contribution in [3.05, 3.63) is 228 Å². The van der Waals surface area contributed by atoms with E-state index in [4.69, 9.17) is 59.2 Å². The van der Waals surface area contributed by atoms with Gasteiger partial charge in [0.05, 0.1) is 84.3 Å². The SMILES string of the molecule is COC(=O)C1=Cc2cc(Cl)ccc2C(N2CCN(C(=O)OC(C)(C)C)CC2)c2ncccc21.Cn1cncc1C(C)(O)C1=Cc2cc(Cl)ccc2[C@@H](N2CCNCC2)c2ncccc21.Cn1cncc1C(C)(O)C1=Cc2cc(Cl)ccc2[C@@H](N2CCNCC2)c2ncccc21. The molecule has 494 valence electrons. The lowest BCUT2D eigenvalue weighted by Gasteiger charge is -2.40. The highest BCUT2D eigenvalue weighted by molar-refractivity contribution is 6.31. The molecule has 22 heteroatoms. The number of aromatic nitrogens is 7. The molecule has 0 saturated carbocycles. The zero-order valence-corrected chi connectivity index (χ0v) is 57.0. The normalized spacial score (nSPS) is 20.1. The van der Waals surface area contributed by atoms with Gasteiger partial charge in [-0.25, -0.2) is 19.6 Å². The number of aliphatic hydroxyl groups is 2. The van der Waals surface area contributed by atoms with E-state index < -0.39 is 22.8 Å². The second kappa shape index (κ2) is 28.0. The van der Waals surface area contributed by atoms with E-state index in [2.05, 4.69) is 71.7 Å². The number of hydrogen-bond donors (Lipinski definition) is 4. The average Bonchev–Trinajstić information content (AvgIpc) is 1.64. The lowest BCUT2D eigenvalue weighted by Crippen LogP contribution is -2.51. The summed E-state index contributed by atoms with van der Waals surface area (Å²) in [4.78, 5) is 57.0. The summed E-state index contributed by atoms with van der Waals surface area (Å²) in [6.45, 7) is 19.0. The minimum Gasteiger partial charge on any atom is -0.465 e. The number of nitrogens with zero attached hydrogens (tertiary/aromatic N) is 11. The molecule has 3 unspecified atom stereocenters. The lowest BCUT2D eigenvalue weighted by molar-refractivity contribution is -0.133. The fraction of sp³-hybridized carbons (Fsp3) is 0.356. The van der Waals surface area contributed by atoms with Gasteiger partial charge in [-0.05, 0) is 152 Å². The number of hydrogen-bond acceptors (Lipinski definition) is 16. The number of benzene rings is 3. The Balaban J connectivity index is 0.000000137. The van der Waals surface area contributed by atoms with Crippen LogP contribution in [0.3, 0.4) is 0 Å². The van der Waals surface area contributed by atoms with Gasteiger partial charge in [0.15, 0.2) is 0 Å². The second-order valence-corrected chi connectivity index (χ2v) is 27.3. The van der Waals surface area contributed by atoms with E-state index in [1.165, 1.54) is 7.11 Å². The molecule has 3 aromatic carbocycles. The largest absolute Gasteiger partial charge is 0.465 e. The van der Waals surface area contributed by atoms with Gasteiger partial charge in [-0.15, -0.1) is 0 Å². The maximum atomic E-state index is 12.7. The standard InChI is InChI=1S/C25H28ClN3O4.2C24H26ClN5O/c1-25(2,3)33-24(31)29-12-10-28(11-13-29)22-18-8-7-17(26)14-16(18)15-20(23(30)32-4)19-6-5-9-27-21(19)22;2*1-24(31,21-14-27-15-29(21)2)20-13-16-12-17(25)5-6-18(16)23(30-10-8-26-9-11-30)22-19(20)4-3-7-28-22/h5-9,14-15,22H,10-13H2,1-4H3;2*3-7,12-15,23,26,31H,8-11H2,1-2H3/t;2*23-,24?/m.11/s1. The topological polar surface area (TPSA) is 204 Å². The number of piperazine rings is 3. The summed E-state index contributed by atoms with van der Waals surface area (Å²) in [5.41, 5.74) is 11.9. The van der Waals surface area contributed by atoms with Crippen molar-refractivity contribution in [1.29, 1.82) is 0 Å². The third-order valence-corrected chi connectivity index (χ3v) is 19.2. The maximum absolute atomic E-state index is 12.7. The molecule has 1 amide bonds. The van der Waals surface area contributed by atoms with Crippen LogP contribution >= 0.6 is 34.8 Å². The number of aryl methyl sites for hydroxylation is 2. The Kier molecular flexibility index (Phi) is 19.8. The number of ether oxygens (including phenoxy) is 2. The van der Waals surface area contributed by atoms with Crippen molar-refractivity contribution < 1.29 is 29.3 Å². The van der Waals surface area contributed by atoms with Gasteiger partial charge in [0.25, 0.3) is 0 Å². The molecule has 14 rings (SSSR count). The maximum Gasteiger partial charge on any atom is 0.410 e. The predicted octanol–water partition coefficient (Wildman–Crippen LogP) is 10.9. The van der Waals surface area contributed by atoms with Crippen LogP contribution in [-0.4, -0.2) is 167 Å². The van der Waals surface area contributed by atoms with Gasteiger partial charge in [0.2, 0.25) is 0 Å². The van der Waals surface area contributed by atoms with Crippen molar-refractivity contribution in [3.63, 3.8) is 0 Å². The van der Waals surface area contributed by atoms with Gasteiger partial charge in [-0.2, -0.15) is 0 Å². The Morgan fingerprint density at radius 3 is 1.28 bits per heavy atom. The van der Waals surface area contributed by atoms with Gasteiger partial charge in [0.1, 0.15) is 16.8 Å².